The molecule has 0 unspecified atom stereocenters. The Morgan fingerprint density at radius 2 is 2.04 bits per heavy atom. The molecule has 4 aliphatic carbocycles. The molecule has 0 aliphatic heterocycles. The van der Waals surface area contributed by atoms with Gasteiger partial charge in [0.15, 0.2) is 5.78 Å². The molecule has 3 N–H and O–H groups in total. The van der Waals surface area contributed by atoms with Crippen LogP contribution in [0.1, 0.15) is 52.9 Å². The van der Waals surface area contributed by atoms with Gasteiger partial charge in [0, 0.05) is 10.8 Å². The van der Waals surface area contributed by atoms with Crippen LogP contribution < -0.4 is 0 Å². The Morgan fingerprint density at radius 1 is 1.33 bits per heavy atom. The summed E-state index contributed by atoms with van der Waals surface area (Å²) in [5, 5.41) is 32.4. The van der Waals surface area contributed by atoms with E-state index in [0.29, 0.717) is 6.42 Å². The van der Waals surface area contributed by atoms with Crippen LogP contribution in [0.15, 0.2) is 23.8 Å². The first-order chi connectivity index (χ1) is 12.6. The van der Waals surface area contributed by atoms with Crippen molar-refractivity contribution in [2.75, 3.05) is 6.61 Å². The van der Waals surface area contributed by atoms with Crippen molar-refractivity contribution in [3.8, 4) is 0 Å². The molecule has 4 aliphatic rings. The number of allylic oxidation sites excluding steroid dienone is 4. The van der Waals surface area contributed by atoms with Crippen molar-refractivity contribution in [3.05, 3.63) is 23.8 Å². The van der Waals surface area contributed by atoms with Crippen LogP contribution in [-0.4, -0.2) is 44.3 Å². The third-order valence-electron chi connectivity index (χ3n) is 8.85. The van der Waals surface area contributed by atoms with Crippen molar-refractivity contribution in [1.82, 2.24) is 0 Å². The highest BCUT2D eigenvalue weighted by atomic mass is 35.5. The second-order valence-corrected chi connectivity index (χ2v) is 10.3. The summed E-state index contributed by atoms with van der Waals surface area (Å²) in [5.74, 6) is -0.775. The minimum absolute atomic E-state index is 0.000726. The summed E-state index contributed by atoms with van der Waals surface area (Å²) in [6, 6.07) is 0. The second kappa shape index (κ2) is 5.91. The fraction of sp³-hybridized carbons (Fsp3) is 0.773. The molecule has 0 saturated heterocycles. The largest absolute Gasteiger partial charge is 0.391 e. The van der Waals surface area contributed by atoms with E-state index in [1.807, 2.05) is 13.8 Å². The Kier molecular flexibility index (Phi) is 4.30. The summed E-state index contributed by atoms with van der Waals surface area (Å²) in [6.45, 7) is 5.25. The van der Waals surface area contributed by atoms with Crippen molar-refractivity contribution in [2.45, 2.75) is 69.5 Å². The van der Waals surface area contributed by atoms with Crippen LogP contribution >= 0.6 is 11.6 Å². The average Bonchev–Trinajstić information content (AvgIpc) is 2.83. The number of ketones is 1. The molecule has 0 bridgehead atoms. The number of Topliss-reactive ketones (excluding diaryl/α,β-unsaturated/α-hetero) is 1. The van der Waals surface area contributed by atoms with Crippen LogP contribution in [0.2, 0.25) is 0 Å². The van der Waals surface area contributed by atoms with E-state index in [9.17, 15) is 20.1 Å². The van der Waals surface area contributed by atoms with Crippen molar-refractivity contribution in [3.63, 3.8) is 0 Å². The van der Waals surface area contributed by atoms with Gasteiger partial charge in [0.05, 0.1) is 11.0 Å². The Morgan fingerprint density at radius 3 is 2.70 bits per heavy atom. The van der Waals surface area contributed by atoms with Gasteiger partial charge in [-0.1, -0.05) is 44.6 Å². The highest BCUT2D eigenvalue weighted by Gasteiger charge is 2.74. The maximum absolute atomic E-state index is 12.6. The van der Waals surface area contributed by atoms with E-state index in [4.69, 9.17) is 11.6 Å². The van der Waals surface area contributed by atoms with Crippen LogP contribution in [0.5, 0.6) is 0 Å². The predicted molar refractivity (Wildman–Crippen MR) is 104 cm³/mol. The van der Waals surface area contributed by atoms with E-state index in [2.05, 4.69) is 25.2 Å². The Labute approximate surface area is 166 Å². The molecule has 0 heterocycles. The number of hydrogen-bond donors (Lipinski definition) is 3. The van der Waals surface area contributed by atoms with E-state index in [1.54, 1.807) is 0 Å². The first kappa shape index (κ1) is 19.6. The van der Waals surface area contributed by atoms with Gasteiger partial charge in [-0.05, 0) is 49.9 Å². The highest BCUT2D eigenvalue weighted by molar-refractivity contribution is 6.26. The van der Waals surface area contributed by atoms with Crippen LogP contribution in [0.3, 0.4) is 0 Å². The Balaban J connectivity index is 1.84. The molecule has 0 radical (unpaired) electrons. The van der Waals surface area contributed by atoms with E-state index in [-0.39, 0.29) is 24.2 Å². The van der Waals surface area contributed by atoms with E-state index < -0.39 is 39.8 Å². The fourth-order valence-corrected chi connectivity index (χ4v) is 7.92. The van der Waals surface area contributed by atoms with Crippen LogP contribution in [-0.2, 0) is 4.79 Å². The molecule has 27 heavy (non-hydrogen) atoms. The molecular weight excluding hydrogens is 364 g/mol. The topological polar surface area (TPSA) is 77.8 Å². The highest BCUT2D eigenvalue weighted by Crippen LogP contribution is 2.71. The summed E-state index contributed by atoms with van der Waals surface area (Å²) >= 11 is 7.37. The molecule has 0 aromatic heterocycles. The molecule has 5 heteroatoms. The third-order valence-corrected chi connectivity index (χ3v) is 9.77. The van der Waals surface area contributed by atoms with Crippen molar-refractivity contribution >= 4 is 17.4 Å². The van der Waals surface area contributed by atoms with Gasteiger partial charge in [-0.2, -0.15) is 0 Å². The lowest BCUT2D eigenvalue weighted by atomic mass is 9.45. The number of carbonyl (C=O) groups excluding carboxylic acids is 1. The lowest BCUT2D eigenvalue weighted by Gasteiger charge is -2.64. The second-order valence-electron chi connectivity index (χ2n) is 9.71. The Hall–Kier alpha value is -0.680. The summed E-state index contributed by atoms with van der Waals surface area (Å²) in [6.07, 6.45) is 9.32. The lowest BCUT2D eigenvalue weighted by molar-refractivity contribution is -0.179. The number of halogens is 1. The number of alkyl halides is 1. The van der Waals surface area contributed by atoms with Gasteiger partial charge in [0.25, 0.3) is 0 Å². The lowest BCUT2D eigenvalue weighted by Crippen LogP contribution is -2.68. The van der Waals surface area contributed by atoms with Crippen LogP contribution in [0.4, 0.5) is 0 Å². The molecule has 3 fully saturated rings. The monoisotopic (exact) mass is 394 g/mol. The minimum Gasteiger partial charge on any atom is -0.391 e. The molecular formula is C22H31ClO4. The summed E-state index contributed by atoms with van der Waals surface area (Å²) in [5.41, 5.74) is -1.52. The van der Waals surface area contributed by atoms with Gasteiger partial charge < -0.3 is 15.3 Å². The normalized spacial score (nSPS) is 54.0. The molecule has 150 valence electrons. The van der Waals surface area contributed by atoms with Gasteiger partial charge >= 0.3 is 0 Å². The quantitative estimate of drug-likeness (QED) is 0.497. The van der Waals surface area contributed by atoms with E-state index in [1.165, 1.54) is 5.57 Å². The van der Waals surface area contributed by atoms with Gasteiger partial charge in [-0.15, -0.1) is 11.6 Å². The van der Waals surface area contributed by atoms with Crippen LogP contribution in [0.25, 0.3) is 0 Å². The molecule has 0 aromatic carbocycles. The molecule has 4 rings (SSSR count). The molecule has 0 aromatic rings. The van der Waals surface area contributed by atoms with Crippen molar-refractivity contribution in [1.29, 1.82) is 0 Å². The van der Waals surface area contributed by atoms with Gasteiger partial charge in [0.2, 0.25) is 0 Å². The third kappa shape index (κ3) is 2.08. The molecule has 4 nitrogen and oxygen atoms in total. The standard InChI is InChI=1S/C22H31ClO4/c1-13-10-16-15-8-7-14-6-4-5-9-19(14,2)21(15,23)17(25)11-20(16,3)22(13,27)18(26)12-24/h5-6,9,13,15-17,24-25,27H,4,7-8,10-12H2,1-3H3/t13-,15+,16+,17+,19+,20+,21+,22+/m1/s1. The summed E-state index contributed by atoms with van der Waals surface area (Å²) < 4.78 is 0. The number of hydrogen-bond acceptors (Lipinski definition) is 4. The van der Waals surface area contributed by atoms with E-state index >= 15 is 0 Å². The first-order valence-corrected chi connectivity index (χ1v) is 10.6. The maximum atomic E-state index is 12.6. The van der Waals surface area contributed by atoms with Gasteiger partial charge in [0.1, 0.15) is 12.2 Å². The molecule has 3 saturated carbocycles. The number of rotatable bonds is 2. The zero-order valence-electron chi connectivity index (χ0n) is 16.4. The Bertz CT molecular complexity index is 732. The summed E-state index contributed by atoms with van der Waals surface area (Å²) in [7, 11) is 0. The predicted octanol–water partition coefficient (Wildman–Crippen LogP) is 2.99. The zero-order chi connectivity index (χ0) is 19.8. The minimum atomic E-state index is -1.62. The first-order valence-electron chi connectivity index (χ1n) is 10.2. The maximum Gasteiger partial charge on any atom is 0.190 e. The van der Waals surface area contributed by atoms with Crippen molar-refractivity contribution in [2.24, 2.45) is 28.6 Å². The smallest absolute Gasteiger partial charge is 0.190 e. The van der Waals surface area contributed by atoms with E-state index in [0.717, 1.165) is 19.3 Å². The number of fused-ring (bicyclic) bond motifs is 5. The number of aliphatic hydroxyl groups is 3. The average molecular weight is 395 g/mol. The molecule has 8 atom stereocenters. The number of aliphatic hydroxyl groups excluding tert-OH is 2. The van der Waals surface area contributed by atoms with Gasteiger partial charge in [-0.3, -0.25) is 4.79 Å². The van der Waals surface area contributed by atoms with Crippen molar-refractivity contribution < 1.29 is 20.1 Å². The summed E-state index contributed by atoms with van der Waals surface area (Å²) in [4.78, 5) is 11.8. The van der Waals surface area contributed by atoms with Gasteiger partial charge in [-0.25, -0.2) is 0 Å². The number of carbonyl (C=O) groups is 1. The zero-order valence-corrected chi connectivity index (χ0v) is 17.2. The van der Waals surface area contributed by atoms with Crippen LogP contribution in [0, 0.1) is 28.6 Å². The SMILES string of the molecule is C[C@@H]1C[C@H]2[C@@H]3CCC4=CCC=C[C@]4(C)[C@@]3(Cl)[C@@H](O)C[C@]2(C)[C@@]1(O)C(=O)CO. The fourth-order valence-electron chi connectivity index (χ4n) is 7.40. The molecule has 0 spiro atoms. The molecule has 0 amide bonds.